The Morgan fingerprint density at radius 3 is 1.28 bits per heavy atom. The van der Waals surface area contributed by atoms with Crippen molar-refractivity contribution in [2.24, 2.45) is 11.8 Å². The minimum atomic E-state index is -3.20. The Balaban J connectivity index is 0.000000170. The molecule has 0 atom stereocenters. The average Bonchev–Trinajstić information content (AvgIpc) is 3.43. The molecule has 2 aliphatic rings. The summed E-state index contributed by atoms with van der Waals surface area (Å²) >= 11 is 0. The van der Waals surface area contributed by atoms with Gasteiger partial charge in [-0.15, -0.1) is 0 Å². The number of aryl methyl sites for hydroxylation is 2. The molecule has 0 bridgehead atoms. The number of hydrogen-bond donors (Lipinski definition) is 3. The Morgan fingerprint density at radius 1 is 0.520 bits per heavy atom. The molecule has 2 fully saturated rings. The van der Waals surface area contributed by atoms with Gasteiger partial charge in [0.15, 0.2) is 9.84 Å². The van der Waals surface area contributed by atoms with Crippen LogP contribution in [0.2, 0.25) is 0 Å². The zero-order valence-corrected chi connectivity index (χ0v) is 46.4. The van der Waals surface area contributed by atoms with E-state index in [9.17, 15) is 18.6 Å². The summed E-state index contributed by atoms with van der Waals surface area (Å²) < 4.78 is 24.6. The van der Waals surface area contributed by atoms with Crippen LogP contribution in [0.3, 0.4) is 0 Å². The maximum atomic E-state index is 12.3. The lowest BCUT2D eigenvalue weighted by Crippen LogP contribution is -2.44. The van der Waals surface area contributed by atoms with Gasteiger partial charge in [-0.3, -0.25) is 9.97 Å². The number of likely N-dealkylation sites (tertiary alicyclic amines) is 1. The molecule has 2 aliphatic heterocycles. The predicted molar refractivity (Wildman–Crippen MR) is 308 cm³/mol. The van der Waals surface area contributed by atoms with Crippen LogP contribution in [0.1, 0.15) is 124 Å². The first-order chi connectivity index (χ1) is 35.9. The van der Waals surface area contributed by atoms with Crippen molar-refractivity contribution in [1.29, 1.82) is 0 Å². The van der Waals surface area contributed by atoms with E-state index in [-0.39, 0.29) is 28.4 Å². The number of pyridine rings is 2. The second-order valence-electron chi connectivity index (χ2n) is 22.7. The summed E-state index contributed by atoms with van der Waals surface area (Å²) in [6.07, 6.45) is 10.2. The summed E-state index contributed by atoms with van der Waals surface area (Å²) in [6.45, 7) is 20.0. The molecule has 0 saturated carbocycles. The van der Waals surface area contributed by atoms with Gasteiger partial charge in [0.05, 0.1) is 10.6 Å². The van der Waals surface area contributed by atoms with Gasteiger partial charge in [0.1, 0.15) is 11.2 Å². The summed E-state index contributed by atoms with van der Waals surface area (Å²) in [4.78, 5) is 12.1. The van der Waals surface area contributed by atoms with E-state index >= 15 is 0 Å². The monoisotopic (exact) mass is 1030 g/mol. The molecule has 3 N–H and O–H groups in total. The third-order valence-corrected chi connectivity index (χ3v) is 16.9. The lowest BCUT2D eigenvalue weighted by Gasteiger charge is -2.42. The van der Waals surface area contributed by atoms with Crippen molar-refractivity contribution in [2.45, 2.75) is 120 Å². The van der Waals surface area contributed by atoms with Gasteiger partial charge in [-0.25, -0.2) is 8.42 Å². The molecular formula is C66H82N4O4S. The highest BCUT2D eigenvalue weighted by atomic mass is 32.2. The highest BCUT2D eigenvalue weighted by molar-refractivity contribution is 7.91. The van der Waals surface area contributed by atoms with E-state index in [1.807, 2.05) is 141 Å². The van der Waals surface area contributed by atoms with E-state index in [0.717, 1.165) is 116 Å². The van der Waals surface area contributed by atoms with Gasteiger partial charge < -0.3 is 20.4 Å². The van der Waals surface area contributed by atoms with Gasteiger partial charge in [0.25, 0.3) is 0 Å². The zero-order valence-electron chi connectivity index (χ0n) is 45.6. The molecule has 2 saturated heterocycles. The van der Waals surface area contributed by atoms with Crippen molar-refractivity contribution < 1.29 is 18.6 Å². The van der Waals surface area contributed by atoms with Gasteiger partial charge in [-0.05, 0) is 148 Å². The quantitative estimate of drug-likeness (QED) is 0.0987. The molecule has 0 radical (unpaired) electrons. The second-order valence-corrected chi connectivity index (χ2v) is 24.8. The Kier molecular flexibility index (Phi) is 19.6. The van der Waals surface area contributed by atoms with Crippen LogP contribution in [0.15, 0.2) is 187 Å². The number of piperidine rings is 2. The molecular weight excluding hydrogens is 945 g/mol. The van der Waals surface area contributed by atoms with Crippen LogP contribution in [0.25, 0.3) is 0 Å². The first kappa shape index (κ1) is 56.9. The molecule has 0 aliphatic carbocycles. The normalized spacial score (nSPS) is 15.3. The number of rotatable bonds is 14. The smallest absolute Gasteiger partial charge is 0.178 e. The van der Waals surface area contributed by atoms with Crippen LogP contribution in [0.4, 0.5) is 0 Å². The lowest BCUT2D eigenvalue weighted by atomic mass is 9.72. The van der Waals surface area contributed by atoms with Crippen molar-refractivity contribution in [3.63, 3.8) is 0 Å². The van der Waals surface area contributed by atoms with Crippen molar-refractivity contribution in [1.82, 2.24) is 20.2 Å². The molecule has 4 heterocycles. The van der Waals surface area contributed by atoms with Gasteiger partial charge in [0, 0.05) is 41.2 Å². The zero-order chi connectivity index (χ0) is 53.5. The number of nitrogens with zero attached hydrogens (tertiary/aromatic N) is 3. The molecule has 0 spiro atoms. The number of nitrogens with one attached hydrogen (secondary N) is 1. The van der Waals surface area contributed by atoms with Crippen LogP contribution < -0.4 is 5.32 Å². The van der Waals surface area contributed by atoms with Crippen LogP contribution >= 0.6 is 0 Å². The molecule has 5 aromatic carbocycles. The van der Waals surface area contributed by atoms with Crippen LogP contribution in [-0.4, -0.2) is 72.0 Å². The standard InChI is InChI=1S/C29H36N2O.C19H25NO2S.C18H21NO/c1-28(2,3)27-15-14-23(22-30-27)16-19-31-20-17-26(18-21-31)29(32,24-10-6-4-7-11-24)25-12-8-5-9-13-25;1-15-7-10-17(11-8-15)23(21,22)13-5-6-16-9-12-18(20-14-16)19(2,3)4;20-18(15-7-3-1-4-8-15,16-9-5-2-6-10-16)17-11-13-19-14-12-17/h4-15,22,26,32H,16-21H2,1-3H3;7-12,14H,5-6,13H2,1-4H3;1-10,17,19-20H,11-14H2. The molecule has 75 heavy (non-hydrogen) atoms. The van der Waals surface area contributed by atoms with Crippen molar-refractivity contribution in [3.05, 3.63) is 233 Å². The summed E-state index contributed by atoms with van der Waals surface area (Å²) in [5.74, 6) is 0.627. The molecule has 9 heteroatoms. The lowest BCUT2D eigenvalue weighted by molar-refractivity contribution is -0.0140. The Bertz CT molecular complexity index is 2790. The van der Waals surface area contributed by atoms with Crippen LogP contribution in [0.5, 0.6) is 0 Å². The number of benzene rings is 5. The third kappa shape index (κ3) is 15.2. The molecule has 2 aromatic heterocycles. The van der Waals surface area contributed by atoms with Gasteiger partial charge in [-0.1, -0.05) is 193 Å². The van der Waals surface area contributed by atoms with Gasteiger partial charge in [0.2, 0.25) is 0 Å². The minimum Gasteiger partial charge on any atom is -0.380 e. The molecule has 396 valence electrons. The number of aromatic nitrogens is 2. The first-order valence-corrected chi connectivity index (χ1v) is 28.8. The van der Waals surface area contributed by atoms with Gasteiger partial charge in [-0.2, -0.15) is 0 Å². The topological polar surface area (TPSA) is 116 Å². The molecule has 8 nitrogen and oxygen atoms in total. The van der Waals surface area contributed by atoms with E-state index in [1.54, 1.807) is 12.1 Å². The summed E-state index contributed by atoms with van der Waals surface area (Å²) in [7, 11) is -3.20. The fourth-order valence-electron chi connectivity index (χ4n) is 10.5. The highest BCUT2D eigenvalue weighted by Gasteiger charge is 2.42. The summed E-state index contributed by atoms with van der Waals surface area (Å²) in [6, 6.07) is 56.1. The molecule has 7 aromatic rings. The van der Waals surface area contributed by atoms with Crippen molar-refractivity contribution in [2.75, 3.05) is 38.5 Å². The maximum absolute atomic E-state index is 12.3. The molecule has 0 unspecified atom stereocenters. The average molecular weight is 1030 g/mol. The van der Waals surface area contributed by atoms with E-state index in [1.165, 1.54) is 5.56 Å². The van der Waals surface area contributed by atoms with E-state index in [0.29, 0.717) is 11.3 Å². The Labute approximate surface area is 449 Å². The maximum Gasteiger partial charge on any atom is 0.178 e. The highest BCUT2D eigenvalue weighted by Crippen LogP contribution is 2.43. The number of sulfone groups is 1. The van der Waals surface area contributed by atoms with Crippen molar-refractivity contribution in [3.8, 4) is 0 Å². The van der Waals surface area contributed by atoms with Crippen molar-refractivity contribution >= 4 is 9.84 Å². The first-order valence-electron chi connectivity index (χ1n) is 27.2. The summed E-state index contributed by atoms with van der Waals surface area (Å²) in [5.41, 5.74) is 7.92. The fourth-order valence-corrected chi connectivity index (χ4v) is 11.8. The SMILES string of the molecule is CC(C)(C)c1ccc(CCN2CCC(C(O)(c3ccccc3)c3ccccc3)CC2)cn1.Cc1ccc(S(=O)(=O)CCCc2ccc(C(C)(C)C)nc2)cc1.OC(c1ccccc1)(c1ccccc1)C1CCNCC1. The largest absolute Gasteiger partial charge is 0.380 e. The second kappa shape index (κ2) is 25.8. The van der Waals surface area contributed by atoms with E-state index in [4.69, 9.17) is 0 Å². The Hall–Kier alpha value is -5.81. The molecule has 9 rings (SSSR count). The number of hydrogen-bond acceptors (Lipinski definition) is 8. The fraction of sp³-hybridized carbons (Fsp3) is 0.394. The van der Waals surface area contributed by atoms with Gasteiger partial charge >= 0.3 is 0 Å². The van der Waals surface area contributed by atoms with Crippen LogP contribution in [0, 0.1) is 18.8 Å². The Morgan fingerprint density at radius 2 is 0.907 bits per heavy atom. The minimum absolute atomic E-state index is 0.0350. The molecule has 0 amide bonds. The summed E-state index contributed by atoms with van der Waals surface area (Å²) in [5, 5.41) is 27.0. The van der Waals surface area contributed by atoms with E-state index < -0.39 is 21.0 Å². The predicted octanol–water partition coefficient (Wildman–Crippen LogP) is 12.6. The third-order valence-electron chi connectivity index (χ3n) is 15.1. The number of aliphatic hydroxyl groups is 2. The van der Waals surface area contributed by atoms with E-state index in [2.05, 4.69) is 98.1 Å². The van der Waals surface area contributed by atoms with Crippen LogP contribution in [-0.2, 0) is 44.7 Å².